The number of hydrogen-bond acceptors (Lipinski definition) is 5. The second kappa shape index (κ2) is 9.35. The maximum absolute atomic E-state index is 5.63. The van der Waals surface area contributed by atoms with Crippen LogP contribution < -0.4 is 9.47 Å². The number of nitrogens with zero attached hydrogens (tertiary/aromatic N) is 4. The Morgan fingerprint density at radius 2 is 1.81 bits per heavy atom. The average molecular weight is 433 g/mol. The number of fused-ring (bicyclic) bond motifs is 1. The Labute approximate surface area is 190 Å². The largest absolute Gasteiger partial charge is 0.454 e. The van der Waals surface area contributed by atoms with Crippen molar-refractivity contribution in [1.29, 1.82) is 0 Å². The van der Waals surface area contributed by atoms with Crippen molar-refractivity contribution in [2.45, 2.75) is 39.4 Å². The van der Waals surface area contributed by atoms with Gasteiger partial charge >= 0.3 is 0 Å². The van der Waals surface area contributed by atoms with E-state index in [1.165, 1.54) is 17.5 Å². The van der Waals surface area contributed by atoms with Gasteiger partial charge in [0.2, 0.25) is 6.79 Å². The Hall–Kier alpha value is -2.83. The van der Waals surface area contributed by atoms with Crippen LogP contribution in [0.4, 0.5) is 0 Å². The van der Waals surface area contributed by atoms with Crippen molar-refractivity contribution in [3.8, 4) is 22.8 Å². The zero-order chi connectivity index (χ0) is 21.9. The summed E-state index contributed by atoms with van der Waals surface area (Å²) in [5.74, 6) is 1.61. The summed E-state index contributed by atoms with van der Waals surface area (Å²) in [5, 5.41) is 5.01. The fraction of sp³-hybridized carbons (Fsp3) is 0.423. The maximum Gasteiger partial charge on any atom is 0.231 e. The number of ether oxygens (including phenoxy) is 2. The molecule has 0 saturated carbocycles. The van der Waals surface area contributed by atoms with Crippen molar-refractivity contribution in [3.63, 3.8) is 0 Å². The highest BCUT2D eigenvalue weighted by molar-refractivity contribution is 5.67. The summed E-state index contributed by atoms with van der Waals surface area (Å²) in [6.45, 7) is 11.0. The van der Waals surface area contributed by atoms with E-state index in [0.29, 0.717) is 6.04 Å². The van der Waals surface area contributed by atoms with Gasteiger partial charge in [-0.05, 0) is 43.3 Å². The van der Waals surface area contributed by atoms with E-state index in [9.17, 15) is 0 Å². The van der Waals surface area contributed by atoms with E-state index in [-0.39, 0.29) is 6.79 Å². The molecule has 32 heavy (non-hydrogen) atoms. The van der Waals surface area contributed by atoms with Gasteiger partial charge in [0.05, 0.1) is 12.2 Å². The first-order valence-electron chi connectivity index (χ1n) is 11.7. The first-order chi connectivity index (χ1) is 15.7. The topological polar surface area (TPSA) is 42.8 Å². The molecule has 0 spiro atoms. The summed E-state index contributed by atoms with van der Waals surface area (Å²) in [4.78, 5) is 5.15. The molecule has 1 unspecified atom stereocenters. The van der Waals surface area contributed by atoms with Crippen molar-refractivity contribution >= 4 is 0 Å². The minimum atomic E-state index is 0.286. The molecule has 0 aliphatic carbocycles. The second-order valence-corrected chi connectivity index (χ2v) is 8.65. The zero-order valence-electron chi connectivity index (χ0n) is 19.0. The number of hydrogen-bond donors (Lipinski definition) is 0. The van der Waals surface area contributed by atoms with Crippen molar-refractivity contribution in [3.05, 3.63) is 65.9 Å². The lowest BCUT2D eigenvalue weighted by atomic mass is 10.1. The lowest BCUT2D eigenvalue weighted by Crippen LogP contribution is -2.37. The fourth-order valence-electron chi connectivity index (χ4n) is 4.95. The molecule has 6 nitrogen and oxygen atoms in total. The SMILES string of the molecule is CCN(CC)C1CCN(Cc2cn(Cc3ccccc3)nc2-c2ccc3c(c2)OCO3)C1. The zero-order valence-corrected chi connectivity index (χ0v) is 19.0. The summed E-state index contributed by atoms with van der Waals surface area (Å²) < 4.78 is 13.2. The predicted octanol–water partition coefficient (Wildman–Crippen LogP) is 4.24. The van der Waals surface area contributed by atoms with Gasteiger partial charge in [-0.3, -0.25) is 14.5 Å². The van der Waals surface area contributed by atoms with Crippen molar-refractivity contribution in [2.24, 2.45) is 0 Å². The molecule has 3 heterocycles. The van der Waals surface area contributed by atoms with Gasteiger partial charge in [-0.1, -0.05) is 44.2 Å². The molecule has 1 aromatic heterocycles. The number of likely N-dealkylation sites (N-methyl/N-ethyl adjacent to an activating group) is 1. The highest BCUT2D eigenvalue weighted by Crippen LogP contribution is 2.36. The van der Waals surface area contributed by atoms with E-state index in [1.807, 2.05) is 6.07 Å². The molecule has 2 aliphatic heterocycles. The first-order valence-corrected chi connectivity index (χ1v) is 11.7. The molecule has 3 aromatic rings. The number of likely N-dealkylation sites (tertiary alicyclic amines) is 1. The van der Waals surface area contributed by atoms with Crippen LogP contribution in [0, 0.1) is 0 Å². The summed E-state index contributed by atoms with van der Waals surface area (Å²) in [6, 6.07) is 17.3. The third-order valence-electron chi connectivity index (χ3n) is 6.64. The van der Waals surface area contributed by atoms with Crippen LogP contribution in [-0.2, 0) is 13.1 Å². The lowest BCUT2D eigenvalue weighted by Gasteiger charge is -2.26. The van der Waals surface area contributed by atoms with Crippen LogP contribution in [0.3, 0.4) is 0 Å². The number of benzene rings is 2. The van der Waals surface area contributed by atoms with Crippen molar-refractivity contribution in [1.82, 2.24) is 19.6 Å². The van der Waals surface area contributed by atoms with Gasteiger partial charge in [0.25, 0.3) is 0 Å². The Morgan fingerprint density at radius 3 is 2.62 bits per heavy atom. The molecule has 1 saturated heterocycles. The lowest BCUT2D eigenvalue weighted by molar-refractivity contribution is 0.174. The monoisotopic (exact) mass is 432 g/mol. The molecule has 2 aliphatic rings. The number of aromatic nitrogens is 2. The standard InChI is InChI=1S/C26H32N4O2/c1-3-29(4-2)23-12-13-28(18-23)16-22-17-30(15-20-8-6-5-7-9-20)27-26(22)21-10-11-24-25(14-21)32-19-31-24/h5-11,14,17,23H,3-4,12-13,15-16,18-19H2,1-2H3. The molecule has 168 valence electrons. The van der Waals surface area contributed by atoms with Gasteiger partial charge in [0.15, 0.2) is 11.5 Å². The average Bonchev–Trinajstić information content (AvgIpc) is 3.55. The minimum absolute atomic E-state index is 0.286. The normalized spacial score (nSPS) is 18.0. The Kier molecular flexibility index (Phi) is 6.14. The van der Waals surface area contributed by atoms with Gasteiger partial charge in [0, 0.05) is 43.0 Å². The van der Waals surface area contributed by atoms with Crippen LogP contribution in [0.15, 0.2) is 54.7 Å². The Morgan fingerprint density at radius 1 is 1.00 bits per heavy atom. The van der Waals surface area contributed by atoms with Gasteiger partial charge < -0.3 is 9.47 Å². The molecule has 0 radical (unpaired) electrons. The first kappa shape index (κ1) is 21.0. The highest BCUT2D eigenvalue weighted by Gasteiger charge is 2.27. The molecule has 0 N–H and O–H groups in total. The van der Waals surface area contributed by atoms with Crippen LogP contribution in [0.2, 0.25) is 0 Å². The van der Waals surface area contributed by atoms with E-state index in [4.69, 9.17) is 14.6 Å². The molecule has 5 rings (SSSR count). The van der Waals surface area contributed by atoms with Crippen molar-refractivity contribution in [2.75, 3.05) is 33.0 Å². The predicted molar refractivity (Wildman–Crippen MR) is 126 cm³/mol. The van der Waals surface area contributed by atoms with Gasteiger partial charge in [-0.15, -0.1) is 0 Å². The summed E-state index contributed by atoms with van der Waals surface area (Å²) in [7, 11) is 0. The minimum Gasteiger partial charge on any atom is -0.454 e. The smallest absolute Gasteiger partial charge is 0.231 e. The van der Waals surface area contributed by atoms with Crippen LogP contribution in [0.1, 0.15) is 31.4 Å². The molecule has 1 fully saturated rings. The molecule has 1 atom stereocenters. The maximum atomic E-state index is 5.63. The highest BCUT2D eigenvalue weighted by atomic mass is 16.7. The van der Waals surface area contributed by atoms with Gasteiger partial charge in [-0.25, -0.2) is 0 Å². The third-order valence-corrected chi connectivity index (χ3v) is 6.64. The summed E-state index contributed by atoms with van der Waals surface area (Å²) in [5.41, 5.74) is 4.63. The third kappa shape index (κ3) is 4.38. The quantitative estimate of drug-likeness (QED) is 0.533. The molecule has 2 aromatic carbocycles. The van der Waals surface area contributed by atoms with Crippen LogP contribution in [0.5, 0.6) is 11.5 Å². The van der Waals surface area contributed by atoms with E-state index in [1.54, 1.807) is 0 Å². The molecule has 0 amide bonds. The number of rotatable bonds is 8. The van der Waals surface area contributed by atoms with E-state index < -0.39 is 0 Å². The van der Waals surface area contributed by atoms with Crippen LogP contribution in [-0.4, -0.2) is 58.6 Å². The summed E-state index contributed by atoms with van der Waals surface area (Å²) in [6.07, 6.45) is 3.46. The van der Waals surface area contributed by atoms with E-state index in [2.05, 4.69) is 77.0 Å². The second-order valence-electron chi connectivity index (χ2n) is 8.65. The molecule has 6 heteroatoms. The molecule has 0 bridgehead atoms. The van der Waals surface area contributed by atoms with Crippen molar-refractivity contribution < 1.29 is 9.47 Å². The fourth-order valence-corrected chi connectivity index (χ4v) is 4.95. The summed E-state index contributed by atoms with van der Waals surface area (Å²) >= 11 is 0. The van der Waals surface area contributed by atoms with Gasteiger partial charge in [0.1, 0.15) is 0 Å². The van der Waals surface area contributed by atoms with E-state index >= 15 is 0 Å². The van der Waals surface area contributed by atoms with Gasteiger partial charge in [-0.2, -0.15) is 5.10 Å². The molecular weight excluding hydrogens is 400 g/mol. The van der Waals surface area contributed by atoms with E-state index in [0.717, 1.165) is 62.0 Å². The Balaban J connectivity index is 1.41. The van der Waals surface area contributed by atoms with Crippen LogP contribution >= 0.6 is 0 Å². The van der Waals surface area contributed by atoms with Crippen LogP contribution in [0.25, 0.3) is 11.3 Å². The molecular formula is C26H32N4O2. The Bertz CT molecular complexity index is 1050.